The van der Waals surface area contributed by atoms with Gasteiger partial charge in [0.25, 0.3) is 0 Å². The molecule has 0 aromatic heterocycles. The number of hydrogen-bond acceptors (Lipinski definition) is 3. The van der Waals surface area contributed by atoms with Gasteiger partial charge in [0.1, 0.15) is 12.6 Å². The van der Waals surface area contributed by atoms with E-state index in [2.05, 4.69) is 90.7 Å². The minimum atomic E-state index is -0.771. The van der Waals surface area contributed by atoms with Crippen LogP contribution in [0.4, 0.5) is 4.79 Å². The molecular weight excluding hydrogens is 527 g/mol. The van der Waals surface area contributed by atoms with Crippen LogP contribution in [0.2, 0.25) is 0 Å². The molecule has 3 aliphatic heterocycles. The third-order valence-corrected chi connectivity index (χ3v) is 10.8. The van der Waals surface area contributed by atoms with Crippen molar-refractivity contribution < 1.29 is 14.3 Å². The van der Waals surface area contributed by atoms with Gasteiger partial charge in [-0.1, -0.05) is 127 Å². The minimum Gasteiger partial charge on any atom is -0.447 e. The summed E-state index contributed by atoms with van der Waals surface area (Å²) >= 11 is 0. The molecule has 0 bridgehead atoms. The zero-order chi connectivity index (χ0) is 27.8. The van der Waals surface area contributed by atoms with Crippen LogP contribution in [0.3, 0.4) is 0 Å². The topological polar surface area (TPSA) is 49.9 Å². The maximum Gasteiger partial charge on any atom is 0.411 e. The van der Waals surface area contributed by atoms with Gasteiger partial charge in [-0.2, -0.15) is 0 Å². The summed E-state index contributed by atoms with van der Waals surface area (Å²) < 4.78 is 5.55. The number of carbonyl (C=O) groups excluding carboxylic acids is 2. The Morgan fingerprint density at radius 3 is 1.93 bits per heavy atom. The number of cyclic esters (lactones) is 1. The van der Waals surface area contributed by atoms with E-state index < -0.39 is 20.1 Å². The molecule has 0 spiro atoms. The molecule has 0 radical (unpaired) electrons. The molecule has 2 amide bonds. The first-order valence-electron chi connectivity index (χ1n) is 14.1. The molecule has 3 saturated heterocycles. The Morgan fingerprint density at radius 1 is 0.756 bits per heavy atom. The van der Waals surface area contributed by atoms with Gasteiger partial charge in [0, 0.05) is 12.5 Å². The van der Waals surface area contributed by atoms with Crippen molar-refractivity contribution in [3.05, 3.63) is 144 Å². The highest BCUT2D eigenvalue weighted by atomic mass is 31.1. The van der Waals surface area contributed by atoms with Gasteiger partial charge >= 0.3 is 6.09 Å². The van der Waals surface area contributed by atoms with Crippen molar-refractivity contribution in [2.45, 2.75) is 24.5 Å². The Labute approximate surface area is 241 Å². The summed E-state index contributed by atoms with van der Waals surface area (Å²) in [5.74, 6) is 2.55. The third kappa shape index (κ3) is 4.75. The number of amides is 2. The monoisotopic (exact) mass is 558 g/mol. The summed E-state index contributed by atoms with van der Waals surface area (Å²) in [6.45, 7) is 0.855. The molecule has 41 heavy (non-hydrogen) atoms. The van der Waals surface area contributed by atoms with E-state index in [1.807, 2.05) is 41.3 Å². The van der Waals surface area contributed by atoms with E-state index in [1.165, 1.54) is 21.7 Å². The Bertz CT molecular complexity index is 1520. The molecule has 3 fully saturated rings. The zero-order valence-electron chi connectivity index (χ0n) is 22.6. The number of fused-ring (bicyclic) bond motifs is 1. The van der Waals surface area contributed by atoms with Gasteiger partial charge in [-0.3, -0.25) is 9.69 Å². The van der Waals surface area contributed by atoms with Crippen molar-refractivity contribution in [1.29, 1.82) is 0 Å². The molecule has 6 heteroatoms. The third-order valence-electron chi connectivity index (χ3n) is 8.52. The lowest BCUT2D eigenvalue weighted by molar-refractivity contribution is -0.155. The average molecular weight is 559 g/mol. The number of carbonyl (C=O) groups is 2. The molecule has 0 aliphatic carbocycles. The molecule has 204 valence electrons. The second-order valence-electron chi connectivity index (χ2n) is 10.9. The summed E-state index contributed by atoms with van der Waals surface area (Å²) in [7, 11) is -0.771. The first-order chi connectivity index (χ1) is 20.2. The molecule has 0 N–H and O–H groups in total. The minimum absolute atomic E-state index is 0.0139. The van der Waals surface area contributed by atoms with Gasteiger partial charge in [-0.05, 0) is 41.7 Å². The smallest absolute Gasteiger partial charge is 0.411 e. The van der Waals surface area contributed by atoms with Crippen LogP contribution in [0.1, 0.15) is 17.2 Å². The fourth-order valence-electron chi connectivity index (χ4n) is 6.56. The van der Waals surface area contributed by atoms with Crippen molar-refractivity contribution in [1.82, 2.24) is 9.80 Å². The fourth-order valence-corrected chi connectivity index (χ4v) is 8.75. The summed E-state index contributed by atoms with van der Waals surface area (Å²) in [6.07, 6.45) is 0.409. The first kappa shape index (κ1) is 25.7. The van der Waals surface area contributed by atoms with Gasteiger partial charge in [-0.15, -0.1) is 0 Å². The molecular formula is C35H31N2O3P. The Balaban J connectivity index is 1.29. The van der Waals surface area contributed by atoms with Gasteiger partial charge in [0.2, 0.25) is 5.91 Å². The van der Waals surface area contributed by atoms with Crippen LogP contribution in [0.5, 0.6) is 0 Å². The van der Waals surface area contributed by atoms with Gasteiger partial charge in [0.05, 0.1) is 12.1 Å². The molecule has 5 nitrogen and oxygen atoms in total. The van der Waals surface area contributed by atoms with Crippen molar-refractivity contribution in [3.63, 3.8) is 0 Å². The average Bonchev–Trinajstić information content (AvgIpc) is 3.55. The quantitative estimate of drug-likeness (QED) is 0.218. The zero-order valence-corrected chi connectivity index (χ0v) is 23.5. The predicted octanol–water partition coefficient (Wildman–Crippen LogP) is 5.65. The van der Waals surface area contributed by atoms with Crippen molar-refractivity contribution in [2.75, 3.05) is 13.2 Å². The lowest BCUT2D eigenvalue weighted by Gasteiger charge is -2.49. The fraction of sp³-hybridized carbons (Fsp3) is 0.200. The summed E-state index contributed by atoms with van der Waals surface area (Å²) in [5.41, 5.74) is 3.50. The van der Waals surface area contributed by atoms with Crippen LogP contribution in [-0.4, -0.2) is 47.0 Å². The predicted molar refractivity (Wildman–Crippen MR) is 162 cm³/mol. The molecule has 7 rings (SSSR count). The van der Waals surface area contributed by atoms with Crippen LogP contribution < -0.4 is 10.6 Å². The number of rotatable bonds is 7. The largest absolute Gasteiger partial charge is 0.447 e. The van der Waals surface area contributed by atoms with Crippen molar-refractivity contribution in [2.24, 2.45) is 5.92 Å². The van der Waals surface area contributed by atoms with E-state index in [9.17, 15) is 9.59 Å². The summed E-state index contributed by atoms with van der Waals surface area (Å²) in [5, 5.41) is 2.56. The second kappa shape index (κ2) is 11.0. The molecule has 3 heterocycles. The Hall–Kier alpha value is -4.21. The van der Waals surface area contributed by atoms with Crippen LogP contribution in [-0.2, 0) is 16.0 Å². The summed E-state index contributed by atoms with van der Waals surface area (Å²) in [6, 6.07) is 40.8. The standard InChI is InChI=1S/C35H31N2O3P/c38-34-33(37-31(23-40-35(37)39)26-15-7-2-8-16-26)32-30(21-25-13-5-1-6-14-25)27(22-36(32)34)24-41(28-17-9-3-10-18-28)29-19-11-4-12-20-29/h1-20,24,30-33H,21-23H2/b27-24+/t30-,31-,32-,33+/m1/s1. The van der Waals surface area contributed by atoms with Gasteiger partial charge in [-0.25, -0.2) is 4.79 Å². The normalized spacial score (nSPS) is 24.5. The van der Waals surface area contributed by atoms with E-state index in [-0.39, 0.29) is 30.5 Å². The highest BCUT2D eigenvalue weighted by Gasteiger charge is 2.61. The maximum absolute atomic E-state index is 13.8. The van der Waals surface area contributed by atoms with E-state index in [0.29, 0.717) is 6.54 Å². The van der Waals surface area contributed by atoms with Crippen molar-refractivity contribution >= 4 is 30.5 Å². The van der Waals surface area contributed by atoms with E-state index >= 15 is 0 Å². The highest BCUT2D eigenvalue weighted by molar-refractivity contribution is 7.75. The number of hydrogen-bond donors (Lipinski definition) is 0. The van der Waals surface area contributed by atoms with E-state index in [4.69, 9.17) is 4.74 Å². The first-order valence-corrected chi connectivity index (χ1v) is 15.5. The number of β-lactam (4-membered cyclic amide) rings is 1. The number of ether oxygens (including phenoxy) is 1. The molecule has 0 saturated carbocycles. The highest BCUT2D eigenvalue weighted by Crippen LogP contribution is 2.49. The molecule has 0 unspecified atom stereocenters. The molecule has 4 aromatic carbocycles. The maximum atomic E-state index is 13.8. The SMILES string of the molecule is O=C1[C@@H](N2C(=O)OC[C@@H]2c2ccccc2)[C@H]2[C@H](Cc3ccccc3)/C(=C/P(c3ccccc3)c3ccccc3)CN12. The second-order valence-corrected chi connectivity index (χ2v) is 12.9. The Morgan fingerprint density at radius 2 is 1.32 bits per heavy atom. The molecule has 4 atom stereocenters. The van der Waals surface area contributed by atoms with E-state index in [0.717, 1.165) is 12.0 Å². The lowest BCUT2D eigenvalue weighted by atomic mass is 9.81. The van der Waals surface area contributed by atoms with Crippen LogP contribution >= 0.6 is 7.92 Å². The van der Waals surface area contributed by atoms with Gasteiger partial charge in [0.15, 0.2) is 0 Å². The Kier molecular flexibility index (Phi) is 6.90. The molecule has 3 aliphatic rings. The lowest BCUT2D eigenvalue weighted by Crippen LogP contribution is -2.70. The number of benzene rings is 4. The summed E-state index contributed by atoms with van der Waals surface area (Å²) in [4.78, 5) is 30.6. The van der Waals surface area contributed by atoms with Crippen LogP contribution in [0.25, 0.3) is 0 Å². The molecule has 4 aromatic rings. The number of nitrogens with zero attached hydrogens (tertiary/aromatic N) is 2. The van der Waals surface area contributed by atoms with Crippen molar-refractivity contribution in [3.8, 4) is 0 Å². The van der Waals surface area contributed by atoms with Crippen LogP contribution in [0.15, 0.2) is 133 Å². The van der Waals surface area contributed by atoms with Crippen LogP contribution in [0, 0.1) is 5.92 Å². The van der Waals surface area contributed by atoms with E-state index in [1.54, 1.807) is 4.90 Å². The van der Waals surface area contributed by atoms with Gasteiger partial charge < -0.3 is 9.64 Å².